The lowest BCUT2D eigenvalue weighted by Crippen LogP contribution is -2.35. The van der Waals surface area contributed by atoms with Gasteiger partial charge in [-0.3, -0.25) is 9.59 Å². The summed E-state index contributed by atoms with van der Waals surface area (Å²) in [7, 11) is 1.59. The molecule has 0 spiro atoms. The van der Waals surface area contributed by atoms with Crippen LogP contribution in [0.4, 0.5) is 11.4 Å². The lowest BCUT2D eigenvalue weighted by atomic mass is 10.2. The molecule has 6 heteroatoms. The third kappa shape index (κ3) is 5.51. The topological polar surface area (TPSA) is 70.7 Å². The number of methoxy groups -OCH3 is 1. The maximum atomic E-state index is 12.2. The Morgan fingerprint density at radius 2 is 1.85 bits per heavy atom. The summed E-state index contributed by atoms with van der Waals surface area (Å²) in [5.41, 5.74) is 2.36. The summed E-state index contributed by atoms with van der Waals surface area (Å²) in [5.74, 6) is 0.505. The number of rotatable bonds is 8. The first-order valence-corrected chi connectivity index (χ1v) is 8.58. The van der Waals surface area contributed by atoms with Gasteiger partial charge in [-0.25, -0.2) is 0 Å². The summed E-state index contributed by atoms with van der Waals surface area (Å²) in [5, 5.41) is 5.71. The molecular formula is C20H25N3O3. The Morgan fingerprint density at radius 3 is 2.46 bits per heavy atom. The van der Waals surface area contributed by atoms with E-state index in [1.54, 1.807) is 31.4 Å². The molecule has 0 saturated heterocycles. The predicted octanol–water partition coefficient (Wildman–Crippen LogP) is 2.91. The first-order valence-electron chi connectivity index (χ1n) is 8.58. The SMILES string of the molecule is CCN(CCNC(=O)c1ccc(OC)cc1)c1cccc(NC(C)=O)c1. The summed E-state index contributed by atoms with van der Waals surface area (Å²) in [6, 6.07) is 14.7. The van der Waals surface area contributed by atoms with Crippen molar-refractivity contribution in [3.8, 4) is 5.75 Å². The summed E-state index contributed by atoms with van der Waals surface area (Å²) in [6.07, 6.45) is 0. The molecule has 0 saturated carbocycles. The van der Waals surface area contributed by atoms with Gasteiger partial charge < -0.3 is 20.3 Å². The number of carbonyl (C=O) groups is 2. The number of anilines is 2. The summed E-state index contributed by atoms with van der Waals surface area (Å²) >= 11 is 0. The minimum atomic E-state index is -0.115. The number of ether oxygens (including phenoxy) is 1. The van der Waals surface area contributed by atoms with E-state index in [-0.39, 0.29) is 11.8 Å². The maximum absolute atomic E-state index is 12.2. The Hall–Kier alpha value is -3.02. The van der Waals surface area contributed by atoms with Crippen molar-refractivity contribution in [2.45, 2.75) is 13.8 Å². The molecular weight excluding hydrogens is 330 g/mol. The number of benzene rings is 2. The van der Waals surface area contributed by atoms with E-state index in [0.717, 1.165) is 23.7 Å². The molecule has 0 aliphatic heterocycles. The van der Waals surface area contributed by atoms with Crippen molar-refractivity contribution in [1.29, 1.82) is 0 Å². The molecule has 0 bridgehead atoms. The molecule has 0 aromatic heterocycles. The van der Waals surface area contributed by atoms with Crippen molar-refractivity contribution in [1.82, 2.24) is 5.32 Å². The van der Waals surface area contributed by atoms with Crippen molar-refractivity contribution in [3.63, 3.8) is 0 Å². The van der Waals surface area contributed by atoms with Crippen molar-refractivity contribution < 1.29 is 14.3 Å². The average Bonchev–Trinajstić information content (AvgIpc) is 2.65. The molecule has 26 heavy (non-hydrogen) atoms. The van der Waals surface area contributed by atoms with E-state index in [2.05, 4.69) is 22.5 Å². The van der Waals surface area contributed by atoms with Gasteiger partial charge >= 0.3 is 0 Å². The Bertz CT molecular complexity index is 744. The van der Waals surface area contributed by atoms with Crippen LogP contribution in [0.25, 0.3) is 0 Å². The molecule has 138 valence electrons. The highest BCUT2D eigenvalue weighted by molar-refractivity contribution is 5.94. The average molecular weight is 355 g/mol. The number of hydrogen-bond acceptors (Lipinski definition) is 4. The minimum absolute atomic E-state index is 0.100. The molecule has 2 aromatic carbocycles. The second kappa shape index (κ2) is 9.46. The van der Waals surface area contributed by atoms with Gasteiger partial charge in [0.1, 0.15) is 5.75 Å². The Kier molecular flexibility index (Phi) is 7.02. The lowest BCUT2D eigenvalue weighted by molar-refractivity contribution is -0.114. The van der Waals surface area contributed by atoms with E-state index in [1.807, 2.05) is 24.3 Å². The highest BCUT2D eigenvalue weighted by Crippen LogP contribution is 2.19. The number of carbonyl (C=O) groups excluding carboxylic acids is 2. The Balaban J connectivity index is 1.91. The Morgan fingerprint density at radius 1 is 1.12 bits per heavy atom. The molecule has 2 N–H and O–H groups in total. The van der Waals surface area contributed by atoms with Gasteiger partial charge in [0.15, 0.2) is 0 Å². The first kappa shape index (κ1) is 19.3. The number of nitrogens with one attached hydrogen (secondary N) is 2. The molecule has 2 rings (SSSR count). The van der Waals surface area contributed by atoms with Crippen molar-refractivity contribution >= 4 is 23.2 Å². The lowest BCUT2D eigenvalue weighted by Gasteiger charge is -2.24. The molecule has 0 heterocycles. The van der Waals surface area contributed by atoms with Crippen LogP contribution < -0.4 is 20.3 Å². The fraction of sp³-hybridized carbons (Fsp3) is 0.300. The third-order valence-electron chi connectivity index (χ3n) is 3.93. The molecule has 0 radical (unpaired) electrons. The van der Waals surface area contributed by atoms with Gasteiger partial charge in [-0.1, -0.05) is 6.07 Å². The van der Waals surface area contributed by atoms with Crippen LogP contribution >= 0.6 is 0 Å². The number of hydrogen-bond donors (Lipinski definition) is 2. The predicted molar refractivity (Wildman–Crippen MR) is 104 cm³/mol. The van der Waals surface area contributed by atoms with Crippen LogP contribution in [0.3, 0.4) is 0 Å². The van der Waals surface area contributed by atoms with Gasteiger partial charge in [0.2, 0.25) is 5.91 Å². The molecule has 0 fully saturated rings. The van der Waals surface area contributed by atoms with E-state index < -0.39 is 0 Å². The zero-order chi connectivity index (χ0) is 18.9. The standard InChI is InChI=1S/C20H25N3O3/c1-4-23(18-7-5-6-17(14-18)22-15(2)24)13-12-21-20(25)16-8-10-19(26-3)11-9-16/h5-11,14H,4,12-13H2,1-3H3,(H,21,25)(H,22,24). The fourth-order valence-electron chi connectivity index (χ4n) is 2.60. The molecule has 2 aromatic rings. The smallest absolute Gasteiger partial charge is 0.251 e. The molecule has 0 aliphatic carbocycles. The highest BCUT2D eigenvalue weighted by atomic mass is 16.5. The fourth-order valence-corrected chi connectivity index (χ4v) is 2.60. The minimum Gasteiger partial charge on any atom is -0.497 e. The van der Waals surface area contributed by atoms with Crippen LogP contribution in [0.5, 0.6) is 5.75 Å². The summed E-state index contributed by atoms with van der Waals surface area (Å²) in [4.78, 5) is 25.6. The molecule has 6 nitrogen and oxygen atoms in total. The van der Waals surface area contributed by atoms with Crippen LogP contribution in [-0.4, -0.2) is 38.6 Å². The zero-order valence-corrected chi connectivity index (χ0v) is 15.4. The zero-order valence-electron chi connectivity index (χ0n) is 15.4. The van der Waals surface area contributed by atoms with E-state index in [0.29, 0.717) is 18.7 Å². The van der Waals surface area contributed by atoms with Gasteiger partial charge in [-0.2, -0.15) is 0 Å². The van der Waals surface area contributed by atoms with Crippen LogP contribution in [0.15, 0.2) is 48.5 Å². The number of amides is 2. The molecule has 2 amide bonds. The van der Waals surface area contributed by atoms with Gasteiger partial charge in [-0.15, -0.1) is 0 Å². The van der Waals surface area contributed by atoms with Crippen LogP contribution in [-0.2, 0) is 4.79 Å². The van der Waals surface area contributed by atoms with Crippen LogP contribution in [0.1, 0.15) is 24.2 Å². The normalized spacial score (nSPS) is 10.1. The largest absolute Gasteiger partial charge is 0.497 e. The van der Waals surface area contributed by atoms with Crippen molar-refractivity contribution in [2.75, 3.05) is 37.0 Å². The highest BCUT2D eigenvalue weighted by Gasteiger charge is 2.08. The monoisotopic (exact) mass is 355 g/mol. The molecule has 0 aliphatic rings. The number of likely N-dealkylation sites (N-methyl/N-ethyl adjacent to an activating group) is 1. The van der Waals surface area contributed by atoms with Crippen molar-refractivity contribution in [3.05, 3.63) is 54.1 Å². The van der Waals surface area contributed by atoms with E-state index in [9.17, 15) is 9.59 Å². The summed E-state index contributed by atoms with van der Waals surface area (Å²) < 4.78 is 5.09. The Labute approximate surface area is 154 Å². The summed E-state index contributed by atoms with van der Waals surface area (Å²) in [6.45, 7) is 5.52. The van der Waals surface area contributed by atoms with Gasteiger partial charge in [0.25, 0.3) is 5.91 Å². The maximum Gasteiger partial charge on any atom is 0.251 e. The third-order valence-corrected chi connectivity index (χ3v) is 3.93. The van der Waals surface area contributed by atoms with Gasteiger partial charge in [0.05, 0.1) is 7.11 Å². The second-order valence-corrected chi connectivity index (χ2v) is 5.80. The quantitative estimate of drug-likeness (QED) is 0.764. The van der Waals surface area contributed by atoms with E-state index in [1.165, 1.54) is 6.92 Å². The molecule has 0 atom stereocenters. The second-order valence-electron chi connectivity index (χ2n) is 5.80. The van der Waals surface area contributed by atoms with Crippen molar-refractivity contribution in [2.24, 2.45) is 0 Å². The van der Waals surface area contributed by atoms with Crippen LogP contribution in [0, 0.1) is 0 Å². The van der Waals surface area contributed by atoms with Gasteiger partial charge in [-0.05, 0) is 49.4 Å². The number of nitrogens with zero attached hydrogens (tertiary/aromatic N) is 1. The molecule has 0 unspecified atom stereocenters. The van der Waals surface area contributed by atoms with Gasteiger partial charge in [0, 0.05) is 43.5 Å². The van der Waals surface area contributed by atoms with E-state index >= 15 is 0 Å². The van der Waals surface area contributed by atoms with Crippen LogP contribution in [0.2, 0.25) is 0 Å². The first-order chi connectivity index (χ1) is 12.5. The van der Waals surface area contributed by atoms with E-state index in [4.69, 9.17) is 4.74 Å².